The minimum Gasteiger partial charge on any atom is -0.493 e. The van der Waals surface area contributed by atoms with Crippen molar-refractivity contribution < 1.29 is 28.9 Å². The molecule has 1 aliphatic rings. The smallest absolute Gasteiger partial charge is 0.325 e. The molecule has 0 saturated carbocycles. The predicted molar refractivity (Wildman–Crippen MR) is 120 cm³/mol. The highest BCUT2D eigenvalue weighted by Crippen LogP contribution is 2.36. The van der Waals surface area contributed by atoms with E-state index in [2.05, 4.69) is 20.0 Å². The Hall–Kier alpha value is -3.93. The van der Waals surface area contributed by atoms with Crippen LogP contribution in [-0.4, -0.2) is 93.0 Å². The Kier molecular flexibility index (Phi) is 7.07. The fourth-order valence-electron chi connectivity index (χ4n) is 3.70. The van der Waals surface area contributed by atoms with Crippen molar-refractivity contribution in [3.63, 3.8) is 0 Å². The van der Waals surface area contributed by atoms with Gasteiger partial charge in [0.15, 0.2) is 17.2 Å². The number of methoxy groups -OCH3 is 1. The summed E-state index contributed by atoms with van der Waals surface area (Å²) in [6.07, 6.45) is 4.28. The number of carbonyl (C=O) groups excluding carboxylic acids is 1. The molecule has 1 amide bonds. The summed E-state index contributed by atoms with van der Waals surface area (Å²) in [7, 11) is 1.55. The van der Waals surface area contributed by atoms with Gasteiger partial charge < -0.3 is 24.2 Å². The van der Waals surface area contributed by atoms with Crippen LogP contribution in [0, 0.1) is 0 Å². The number of aromatic nitrogens is 4. The molecule has 3 heterocycles. The van der Waals surface area contributed by atoms with Crippen molar-refractivity contribution >= 4 is 22.8 Å². The molecule has 0 spiro atoms. The van der Waals surface area contributed by atoms with Gasteiger partial charge in [-0.15, -0.1) is 0 Å². The molecule has 0 aliphatic carbocycles. The average molecular weight is 470 g/mol. The van der Waals surface area contributed by atoms with E-state index < -0.39 is 5.97 Å². The lowest BCUT2D eigenvalue weighted by Gasteiger charge is -2.34. The van der Waals surface area contributed by atoms with Gasteiger partial charge in [0.1, 0.15) is 19.5 Å². The summed E-state index contributed by atoms with van der Waals surface area (Å²) >= 11 is 0. The monoisotopic (exact) mass is 470 g/mol. The first-order valence-corrected chi connectivity index (χ1v) is 10.8. The number of hydrogen-bond acceptors (Lipinski definition) is 9. The fraction of sp³-hybridized carbons (Fsp3) is 0.409. The Bertz CT molecular complexity index is 1170. The van der Waals surface area contributed by atoms with Crippen molar-refractivity contribution in [3.8, 4) is 23.1 Å². The standard InChI is InChI=1S/C22H26N6O6/c1-15(29)27-5-3-26(4-6-27)7-8-33-20-10-18-17(9-19(20)32-2)22(24-14-23-18)34-16-11-25-28(12-16)13-21(30)31/h9-12,14H,3-8,13H2,1-2H3,(H,30,31). The molecule has 0 unspecified atom stereocenters. The lowest BCUT2D eigenvalue weighted by molar-refractivity contribution is -0.138. The highest BCUT2D eigenvalue weighted by atomic mass is 16.5. The average Bonchev–Trinajstić information content (AvgIpc) is 3.25. The highest BCUT2D eigenvalue weighted by Gasteiger charge is 2.19. The number of rotatable bonds is 9. The number of carboxylic acid groups (broad SMARTS) is 1. The number of carboxylic acids is 1. The van der Waals surface area contributed by atoms with E-state index in [0.29, 0.717) is 34.8 Å². The summed E-state index contributed by atoms with van der Waals surface area (Å²) in [5.41, 5.74) is 0.605. The van der Waals surface area contributed by atoms with Gasteiger partial charge in [-0.25, -0.2) is 9.97 Å². The van der Waals surface area contributed by atoms with Gasteiger partial charge in [-0.3, -0.25) is 19.2 Å². The topological polar surface area (TPSA) is 132 Å². The third-order valence-electron chi connectivity index (χ3n) is 5.49. The van der Waals surface area contributed by atoms with E-state index in [1.807, 2.05) is 4.90 Å². The van der Waals surface area contributed by atoms with Crippen LogP contribution in [0.3, 0.4) is 0 Å². The number of fused-ring (bicyclic) bond motifs is 1. The van der Waals surface area contributed by atoms with Crippen molar-refractivity contribution in [1.82, 2.24) is 29.5 Å². The van der Waals surface area contributed by atoms with E-state index in [0.717, 1.165) is 32.7 Å². The first-order chi connectivity index (χ1) is 16.4. The van der Waals surface area contributed by atoms with Crippen molar-refractivity contribution in [2.75, 3.05) is 46.4 Å². The van der Waals surface area contributed by atoms with E-state index in [-0.39, 0.29) is 18.3 Å². The fourth-order valence-corrected chi connectivity index (χ4v) is 3.70. The first-order valence-electron chi connectivity index (χ1n) is 10.8. The summed E-state index contributed by atoms with van der Waals surface area (Å²) in [6, 6.07) is 3.51. The Morgan fingerprint density at radius 2 is 1.91 bits per heavy atom. The second-order valence-corrected chi connectivity index (χ2v) is 7.76. The van der Waals surface area contributed by atoms with Crippen LogP contribution in [-0.2, 0) is 16.1 Å². The van der Waals surface area contributed by atoms with E-state index in [4.69, 9.17) is 19.3 Å². The zero-order valence-corrected chi connectivity index (χ0v) is 19.0. The Morgan fingerprint density at radius 1 is 1.12 bits per heavy atom. The molecule has 0 bridgehead atoms. The van der Waals surface area contributed by atoms with Crippen molar-refractivity contribution in [2.45, 2.75) is 13.5 Å². The number of ether oxygens (including phenoxy) is 3. The lowest BCUT2D eigenvalue weighted by Crippen LogP contribution is -2.48. The number of amides is 1. The van der Waals surface area contributed by atoms with E-state index >= 15 is 0 Å². The molecular formula is C22H26N6O6. The van der Waals surface area contributed by atoms with Crippen LogP contribution in [0.1, 0.15) is 6.92 Å². The lowest BCUT2D eigenvalue weighted by atomic mass is 10.2. The van der Waals surface area contributed by atoms with Gasteiger partial charge in [-0.05, 0) is 6.07 Å². The molecule has 0 atom stereocenters. The predicted octanol–water partition coefficient (Wildman–Crippen LogP) is 1.25. The second kappa shape index (κ2) is 10.3. The quantitative estimate of drug-likeness (QED) is 0.487. The number of hydrogen-bond donors (Lipinski definition) is 1. The van der Waals surface area contributed by atoms with Crippen molar-refractivity contribution in [1.29, 1.82) is 0 Å². The van der Waals surface area contributed by atoms with Crippen molar-refractivity contribution in [3.05, 3.63) is 30.9 Å². The molecule has 34 heavy (non-hydrogen) atoms. The molecular weight excluding hydrogens is 444 g/mol. The Labute approximate surface area is 195 Å². The van der Waals surface area contributed by atoms with Crippen LogP contribution >= 0.6 is 0 Å². The summed E-state index contributed by atoms with van der Waals surface area (Å²) in [5, 5.41) is 13.5. The molecule has 1 fully saturated rings. The maximum Gasteiger partial charge on any atom is 0.325 e. The molecule has 1 saturated heterocycles. The largest absolute Gasteiger partial charge is 0.493 e. The van der Waals surface area contributed by atoms with E-state index in [1.54, 1.807) is 26.2 Å². The van der Waals surface area contributed by atoms with Crippen LogP contribution < -0.4 is 14.2 Å². The Balaban J connectivity index is 1.43. The normalized spacial score (nSPS) is 14.2. The third-order valence-corrected chi connectivity index (χ3v) is 5.49. The number of carbonyl (C=O) groups is 2. The number of benzene rings is 1. The van der Waals surface area contributed by atoms with Crippen LogP contribution in [0.5, 0.6) is 23.1 Å². The molecule has 12 nitrogen and oxygen atoms in total. The van der Waals surface area contributed by atoms with Crippen LogP contribution in [0.4, 0.5) is 0 Å². The molecule has 1 N–H and O–H groups in total. The number of nitrogens with zero attached hydrogens (tertiary/aromatic N) is 6. The SMILES string of the molecule is COc1cc2c(Oc3cnn(CC(=O)O)c3)ncnc2cc1OCCN1CCN(C(C)=O)CC1. The minimum atomic E-state index is -1.00. The van der Waals surface area contributed by atoms with Gasteiger partial charge in [0, 0.05) is 45.7 Å². The molecule has 1 aromatic carbocycles. The highest BCUT2D eigenvalue weighted by molar-refractivity contribution is 5.87. The number of piperazine rings is 1. The molecule has 180 valence electrons. The molecule has 3 aromatic rings. The Morgan fingerprint density at radius 3 is 2.62 bits per heavy atom. The van der Waals surface area contributed by atoms with E-state index in [1.165, 1.54) is 23.4 Å². The van der Waals surface area contributed by atoms with Crippen LogP contribution in [0.15, 0.2) is 30.9 Å². The summed E-state index contributed by atoms with van der Waals surface area (Å²) in [5.74, 6) is 0.804. The molecule has 4 rings (SSSR count). The van der Waals surface area contributed by atoms with Gasteiger partial charge in [0.05, 0.1) is 30.4 Å². The molecule has 1 aliphatic heterocycles. The van der Waals surface area contributed by atoms with Crippen molar-refractivity contribution in [2.24, 2.45) is 0 Å². The first kappa shape index (κ1) is 23.2. The summed E-state index contributed by atoms with van der Waals surface area (Å²) in [4.78, 5) is 34.9. The van der Waals surface area contributed by atoms with Gasteiger partial charge in [0.25, 0.3) is 0 Å². The maximum absolute atomic E-state index is 11.5. The van der Waals surface area contributed by atoms with E-state index in [9.17, 15) is 9.59 Å². The number of aliphatic carboxylic acids is 1. The van der Waals surface area contributed by atoms with Gasteiger partial charge in [-0.1, -0.05) is 0 Å². The van der Waals surface area contributed by atoms with Gasteiger partial charge >= 0.3 is 5.97 Å². The molecule has 0 radical (unpaired) electrons. The summed E-state index contributed by atoms with van der Waals surface area (Å²) in [6.45, 7) is 5.59. The van der Waals surface area contributed by atoms with Gasteiger partial charge in [-0.2, -0.15) is 5.10 Å². The zero-order chi connectivity index (χ0) is 24.1. The second-order valence-electron chi connectivity index (χ2n) is 7.76. The zero-order valence-electron chi connectivity index (χ0n) is 19.0. The van der Waals surface area contributed by atoms with Crippen LogP contribution in [0.2, 0.25) is 0 Å². The van der Waals surface area contributed by atoms with Crippen LogP contribution in [0.25, 0.3) is 10.9 Å². The molecule has 12 heteroatoms. The minimum absolute atomic E-state index is 0.108. The van der Waals surface area contributed by atoms with Gasteiger partial charge in [0.2, 0.25) is 11.8 Å². The molecule has 2 aromatic heterocycles. The summed E-state index contributed by atoms with van der Waals surface area (Å²) < 4.78 is 18.6. The third kappa shape index (κ3) is 5.52. The maximum atomic E-state index is 11.5.